The first kappa shape index (κ1) is 20.7. The third-order valence-corrected chi connectivity index (χ3v) is 14.7. The SMILES string of the molecule is COc1cc(C)cc[c]1[Bi]([c]1ccc(C)cc1OC)[c]1ccc(C)cc1OC. The Balaban J connectivity index is 2.33. The van der Waals surface area contributed by atoms with Crippen molar-refractivity contribution in [2.45, 2.75) is 20.8 Å². The van der Waals surface area contributed by atoms with Crippen molar-refractivity contribution in [3.63, 3.8) is 0 Å². The van der Waals surface area contributed by atoms with Crippen LogP contribution in [-0.4, -0.2) is 43.1 Å². The molecule has 0 saturated heterocycles. The van der Waals surface area contributed by atoms with E-state index in [-0.39, 0.29) is 0 Å². The molecule has 0 heterocycles. The fourth-order valence-electron chi connectivity index (χ4n) is 3.30. The standard InChI is InChI=1S/3C8H9O.Bi/c3*1-7-4-3-5-8(6-7)9-2;/h3*3-4,6H,1-2H3;. The molecule has 0 aliphatic heterocycles. The first-order valence-electron chi connectivity index (χ1n) is 9.22. The van der Waals surface area contributed by atoms with Gasteiger partial charge in [0, 0.05) is 0 Å². The summed E-state index contributed by atoms with van der Waals surface area (Å²) in [4.78, 5) is 0. The Bertz CT molecular complexity index is 854. The fourth-order valence-corrected chi connectivity index (χ4v) is 13.3. The van der Waals surface area contributed by atoms with Crippen LogP contribution in [0.2, 0.25) is 0 Å². The van der Waals surface area contributed by atoms with Gasteiger partial charge in [-0.3, -0.25) is 0 Å². The van der Waals surface area contributed by atoms with Gasteiger partial charge in [0.2, 0.25) is 0 Å². The van der Waals surface area contributed by atoms with Crippen molar-refractivity contribution >= 4 is 31.6 Å². The maximum absolute atomic E-state index is 5.81. The van der Waals surface area contributed by atoms with Crippen LogP contribution >= 0.6 is 0 Å². The first-order chi connectivity index (χ1) is 13.5. The molecule has 0 aromatic heterocycles. The molecule has 0 saturated carbocycles. The van der Waals surface area contributed by atoms with E-state index in [1.54, 1.807) is 21.3 Å². The van der Waals surface area contributed by atoms with E-state index in [0.717, 1.165) is 17.2 Å². The summed E-state index contributed by atoms with van der Waals surface area (Å²) in [5.41, 5.74) is 3.57. The fraction of sp³-hybridized carbons (Fsp3) is 0.250. The van der Waals surface area contributed by atoms with E-state index in [4.69, 9.17) is 14.2 Å². The van der Waals surface area contributed by atoms with Gasteiger partial charge < -0.3 is 0 Å². The second-order valence-corrected chi connectivity index (χ2v) is 15.1. The number of aryl methyl sites for hydroxylation is 3. The van der Waals surface area contributed by atoms with Crippen LogP contribution in [0.1, 0.15) is 16.7 Å². The van der Waals surface area contributed by atoms with Crippen molar-refractivity contribution in [2.24, 2.45) is 0 Å². The number of benzene rings is 3. The van der Waals surface area contributed by atoms with Gasteiger partial charge in [-0.05, 0) is 0 Å². The van der Waals surface area contributed by atoms with Gasteiger partial charge in [-0.1, -0.05) is 0 Å². The van der Waals surface area contributed by atoms with Crippen LogP contribution in [0.5, 0.6) is 17.2 Å². The summed E-state index contributed by atoms with van der Waals surface area (Å²) in [6, 6.07) is 19.6. The molecule has 3 rings (SSSR count). The Morgan fingerprint density at radius 2 is 0.786 bits per heavy atom. The molecule has 3 nitrogen and oxygen atoms in total. The summed E-state index contributed by atoms with van der Waals surface area (Å²) in [7, 11) is 5.25. The summed E-state index contributed by atoms with van der Waals surface area (Å²) in [5.74, 6) is 2.84. The zero-order valence-electron chi connectivity index (χ0n) is 17.4. The van der Waals surface area contributed by atoms with Crippen molar-refractivity contribution in [1.82, 2.24) is 0 Å². The molecule has 0 radical (unpaired) electrons. The van der Waals surface area contributed by atoms with Gasteiger partial charge in [-0.25, -0.2) is 0 Å². The molecule has 28 heavy (non-hydrogen) atoms. The minimum absolute atomic E-state index is 0.947. The van der Waals surface area contributed by atoms with Crippen molar-refractivity contribution in [1.29, 1.82) is 0 Å². The number of hydrogen-bond acceptors (Lipinski definition) is 3. The molecule has 3 aromatic rings. The topological polar surface area (TPSA) is 27.7 Å². The predicted molar refractivity (Wildman–Crippen MR) is 118 cm³/mol. The van der Waals surface area contributed by atoms with Crippen molar-refractivity contribution in [3.05, 3.63) is 71.3 Å². The van der Waals surface area contributed by atoms with Crippen LogP contribution in [0.4, 0.5) is 0 Å². The van der Waals surface area contributed by atoms with E-state index in [1.165, 1.54) is 26.5 Å². The molecule has 0 amide bonds. The molecule has 0 aliphatic rings. The summed E-state index contributed by atoms with van der Waals surface area (Å²) in [6.45, 7) is 6.28. The Morgan fingerprint density at radius 1 is 0.500 bits per heavy atom. The molecule has 4 heteroatoms. The van der Waals surface area contributed by atoms with Gasteiger partial charge in [-0.2, -0.15) is 0 Å². The van der Waals surface area contributed by atoms with Crippen LogP contribution in [-0.2, 0) is 0 Å². The van der Waals surface area contributed by atoms with E-state index in [0.29, 0.717) is 0 Å². The molecule has 0 atom stereocenters. The summed E-state index contributed by atoms with van der Waals surface area (Å²) in [5, 5.41) is 0. The normalized spacial score (nSPS) is 10.8. The van der Waals surface area contributed by atoms with Crippen LogP contribution in [0, 0.1) is 20.8 Å². The minimum atomic E-state index is -2.77. The van der Waals surface area contributed by atoms with E-state index >= 15 is 0 Å². The summed E-state index contributed by atoms with van der Waals surface area (Å²) < 4.78 is 21.3. The first-order valence-corrected chi connectivity index (χ1v) is 14.4. The zero-order valence-corrected chi connectivity index (χ0v) is 20.8. The molecular weight excluding hydrogens is 545 g/mol. The van der Waals surface area contributed by atoms with E-state index in [9.17, 15) is 0 Å². The van der Waals surface area contributed by atoms with E-state index in [2.05, 4.69) is 75.4 Å². The number of methoxy groups -OCH3 is 3. The number of hydrogen-bond donors (Lipinski definition) is 0. The van der Waals surface area contributed by atoms with Gasteiger partial charge in [0.25, 0.3) is 0 Å². The molecule has 0 aliphatic carbocycles. The van der Waals surface area contributed by atoms with Crippen LogP contribution in [0.3, 0.4) is 0 Å². The Hall–Kier alpha value is -2.06. The monoisotopic (exact) mass is 572 g/mol. The van der Waals surface area contributed by atoms with Gasteiger partial charge in [-0.15, -0.1) is 0 Å². The maximum atomic E-state index is 5.81. The molecule has 0 bridgehead atoms. The van der Waals surface area contributed by atoms with Gasteiger partial charge >= 0.3 is 176 Å². The summed E-state index contributed by atoms with van der Waals surface area (Å²) in [6.07, 6.45) is 0. The molecule has 3 aromatic carbocycles. The quantitative estimate of drug-likeness (QED) is 0.425. The molecular formula is C24H27BiO3. The third-order valence-electron chi connectivity index (χ3n) is 4.73. The molecule has 0 fully saturated rings. The average molecular weight is 572 g/mol. The van der Waals surface area contributed by atoms with Crippen LogP contribution in [0.25, 0.3) is 0 Å². The van der Waals surface area contributed by atoms with E-state index in [1.807, 2.05) is 0 Å². The third kappa shape index (κ3) is 4.18. The summed E-state index contributed by atoms with van der Waals surface area (Å²) >= 11 is -2.77. The van der Waals surface area contributed by atoms with Crippen molar-refractivity contribution < 1.29 is 14.2 Å². The molecule has 0 unspecified atom stereocenters. The van der Waals surface area contributed by atoms with Gasteiger partial charge in [0.05, 0.1) is 0 Å². The average Bonchev–Trinajstić information content (AvgIpc) is 2.70. The zero-order chi connectivity index (χ0) is 20.3. The van der Waals surface area contributed by atoms with Gasteiger partial charge in [0.15, 0.2) is 0 Å². The second-order valence-electron chi connectivity index (χ2n) is 6.86. The molecule has 0 N–H and O–H groups in total. The molecule has 146 valence electrons. The number of ether oxygens (including phenoxy) is 3. The van der Waals surface area contributed by atoms with Crippen molar-refractivity contribution in [2.75, 3.05) is 21.3 Å². The Labute approximate surface area is 175 Å². The predicted octanol–water partition coefficient (Wildman–Crippen LogP) is 3.15. The Morgan fingerprint density at radius 3 is 1.04 bits per heavy atom. The van der Waals surface area contributed by atoms with Crippen molar-refractivity contribution in [3.8, 4) is 17.2 Å². The number of rotatable bonds is 6. The molecule has 0 spiro atoms. The van der Waals surface area contributed by atoms with Crippen LogP contribution < -0.4 is 24.0 Å². The second kappa shape index (κ2) is 8.96. The van der Waals surface area contributed by atoms with E-state index < -0.39 is 21.8 Å². The van der Waals surface area contributed by atoms with Crippen LogP contribution in [0.15, 0.2) is 54.6 Å². The van der Waals surface area contributed by atoms with Gasteiger partial charge in [0.1, 0.15) is 0 Å². The Kier molecular flexibility index (Phi) is 6.62.